The number of benzene rings is 1. The number of allylic oxidation sites excluding steroid dienone is 1. The van der Waals surface area contributed by atoms with Crippen molar-refractivity contribution in [2.24, 2.45) is 4.99 Å². The number of nitrogens with zero attached hydrogens (tertiary/aromatic N) is 2. The van der Waals surface area contributed by atoms with E-state index >= 15 is 0 Å². The third-order valence-electron chi connectivity index (χ3n) is 4.42. The molecule has 7 nitrogen and oxygen atoms in total. The van der Waals surface area contributed by atoms with Crippen molar-refractivity contribution < 1.29 is 23.9 Å². The summed E-state index contributed by atoms with van der Waals surface area (Å²) in [5.41, 5.74) is 1.95. The van der Waals surface area contributed by atoms with Crippen LogP contribution in [0.4, 0.5) is 0 Å². The number of amides is 1. The van der Waals surface area contributed by atoms with Gasteiger partial charge < -0.3 is 9.47 Å². The Morgan fingerprint density at radius 2 is 1.89 bits per heavy atom. The molecular weight excluding hydrogens is 380 g/mol. The molecule has 0 unspecified atom stereocenters. The number of hydrogen-bond donors (Lipinski definition) is 0. The van der Waals surface area contributed by atoms with Crippen LogP contribution in [0.15, 0.2) is 40.5 Å². The zero-order valence-corrected chi connectivity index (χ0v) is 17.0. The average molecular weight is 402 g/mol. The number of carbonyl (C=O) groups is 3. The lowest BCUT2D eigenvalue weighted by molar-refractivity contribution is -0.143. The van der Waals surface area contributed by atoms with Crippen LogP contribution in [0.3, 0.4) is 0 Å². The van der Waals surface area contributed by atoms with Gasteiger partial charge in [-0.3, -0.25) is 9.69 Å². The summed E-state index contributed by atoms with van der Waals surface area (Å²) in [7, 11) is 1.32. The molecular formula is C20H22N2O5S. The molecule has 148 valence electrons. The highest BCUT2D eigenvalue weighted by Crippen LogP contribution is 2.40. The minimum Gasteiger partial charge on any atom is -0.465 e. The Bertz CT molecular complexity index is 873. The van der Waals surface area contributed by atoms with Crippen molar-refractivity contribution in [3.05, 3.63) is 46.7 Å². The van der Waals surface area contributed by atoms with E-state index in [4.69, 9.17) is 9.47 Å². The second kappa shape index (κ2) is 8.18. The number of thioether (sulfide) groups is 1. The average Bonchev–Trinajstić information content (AvgIpc) is 2.66. The third kappa shape index (κ3) is 3.82. The molecule has 2 aliphatic heterocycles. The van der Waals surface area contributed by atoms with Crippen LogP contribution in [0.5, 0.6) is 0 Å². The summed E-state index contributed by atoms with van der Waals surface area (Å²) in [5.74, 6) is -0.392. The molecule has 28 heavy (non-hydrogen) atoms. The Hall–Kier alpha value is -2.61. The van der Waals surface area contributed by atoms with E-state index in [1.54, 1.807) is 49.9 Å². The first-order valence-electron chi connectivity index (χ1n) is 8.97. The second-order valence-corrected chi connectivity index (χ2v) is 7.79. The van der Waals surface area contributed by atoms with Crippen LogP contribution in [-0.4, -0.2) is 46.9 Å². The molecule has 1 atom stereocenters. The number of hydrogen-bond acceptors (Lipinski definition) is 7. The van der Waals surface area contributed by atoms with Crippen LogP contribution in [-0.2, 0) is 19.1 Å². The maximum Gasteiger partial charge on any atom is 0.338 e. The number of amidine groups is 1. The molecule has 2 aliphatic rings. The Balaban J connectivity index is 2.09. The summed E-state index contributed by atoms with van der Waals surface area (Å²) < 4.78 is 10.2. The van der Waals surface area contributed by atoms with Crippen molar-refractivity contribution in [1.29, 1.82) is 0 Å². The van der Waals surface area contributed by atoms with Gasteiger partial charge in [-0.2, -0.15) is 0 Å². The first-order chi connectivity index (χ1) is 13.3. The molecule has 0 bridgehead atoms. The van der Waals surface area contributed by atoms with Gasteiger partial charge in [0.1, 0.15) is 0 Å². The fourth-order valence-electron chi connectivity index (χ4n) is 3.17. The van der Waals surface area contributed by atoms with E-state index in [1.807, 2.05) is 0 Å². The molecule has 0 aromatic heterocycles. The minimum absolute atomic E-state index is 0.0955. The molecule has 1 aromatic carbocycles. The molecule has 1 aromatic rings. The highest BCUT2D eigenvalue weighted by molar-refractivity contribution is 8.14. The highest BCUT2D eigenvalue weighted by atomic mass is 32.2. The van der Waals surface area contributed by atoms with E-state index in [-0.39, 0.29) is 12.0 Å². The van der Waals surface area contributed by atoms with Crippen molar-refractivity contribution in [2.45, 2.75) is 39.3 Å². The van der Waals surface area contributed by atoms with Gasteiger partial charge in [-0.15, -0.1) is 0 Å². The van der Waals surface area contributed by atoms with Crippen molar-refractivity contribution >= 4 is 34.8 Å². The lowest BCUT2D eigenvalue weighted by Gasteiger charge is -2.39. The topological polar surface area (TPSA) is 85.3 Å². The standard InChI is InChI=1S/C20H22N2O5S/c1-11(2)27-19(25)16-12(3)21-20-22(15(23)9-10-28-20)17(16)13-5-7-14(8-6-13)18(24)26-4/h5-8,11,17H,9-10H2,1-4H3/t17-/m1/s1. The Morgan fingerprint density at radius 1 is 1.21 bits per heavy atom. The molecule has 0 aliphatic carbocycles. The monoisotopic (exact) mass is 402 g/mol. The van der Waals surface area contributed by atoms with E-state index < -0.39 is 18.0 Å². The maximum atomic E-state index is 12.8. The Morgan fingerprint density at radius 3 is 2.50 bits per heavy atom. The molecule has 1 saturated heterocycles. The Kier molecular flexibility index (Phi) is 5.88. The SMILES string of the molecule is COC(=O)c1ccc([C@@H]2C(C(=O)OC(C)C)=C(C)N=C3SCCC(=O)N32)cc1. The fraction of sp³-hybridized carbons (Fsp3) is 0.400. The Labute approximate surface area is 167 Å². The summed E-state index contributed by atoms with van der Waals surface area (Å²) in [6.07, 6.45) is 0.0679. The predicted octanol–water partition coefficient (Wildman–Crippen LogP) is 3.08. The van der Waals surface area contributed by atoms with Crippen molar-refractivity contribution in [3.8, 4) is 0 Å². The number of ether oxygens (including phenoxy) is 2. The van der Waals surface area contributed by atoms with Gasteiger partial charge in [-0.25, -0.2) is 14.6 Å². The van der Waals surface area contributed by atoms with Gasteiger partial charge in [0.2, 0.25) is 5.91 Å². The molecule has 1 amide bonds. The lowest BCUT2D eigenvalue weighted by Crippen LogP contribution is -2.46. The number of rotatable bonds is 4. The van der Waals surface area contributed by atoms with E-state index in [9.17, 15) is 14.4 Å². The highest BCUT2D eigenvalue weighted by Gasteiger charge is 2.41. The van der Waals surface area contributed by atoms with Crippen LogP contribution in [0.1, 0.15) is 49.2 Å². The van der Waals surface area contributed by atoms with Crippen molar-refractivity contribution in [1.82, 2.24) is 4.90 Å². The molecule has 8 heteroatoms. The maximum absolute atomic E-state index is 12.8. The fourth-order valence-corrected chi connectivity index (χ4v) is 4.18. The van der Waals surface area contributed by atoms with Crippen molar-refractivity contribution in [3.63, 3.8) is 0 Å². The zero-order chi connectivity index (χ0) is 20.4. The van der Waals surface area contributed by atoms with Crippen LogP contribution in [0.25, 0.3) is 0 Å². The number of esters is 2. The quantitative estimate of drug-likeness (QED) is 0.720. The molecule has 0 spiro atoms. The van der Waals surface area contributed by atoms with Crippen LogP contribution in [0.2, 0.25) is 0 Å². The molecule has 0 N–H and O–H groups in total. The zero-order valence-electron chi connectivity index (χ0n) is 16.2. The summed E-state index contributed by atoms with van der Waals surface area (Å²) in [5, 5.41) is 0.580. The summed E-state index contributed by atoms with van der Waals surface area (Å²) >= 11 is 1.49. The van der Waals surface area contributed by atoms with Gasteiger partial charge >= 0.3 is 11.9 Å². The van der Waals surface area contributed by atoms with Crippen LogP contribution in [0, 0.1) is 0 Å². The lowest BCUT2D eigenvalue weighted by atomic mass is 9.93. The van der Waals surface area contributed by atoms with E-state index in [0.717, 1.165) is 0 Å². The van der Waals surface area contributed by atoms with Gasteiger partial charge in [-0.05, 0) is 38.5 Å². The second-order valence-electron chi connectivity index (χ2n) is 6.73. The van der Waals surface area contributed by atoms with Gasteiger partial charge in [0.15, 0.2) is 5.17 Å². The van der Waals surface area contributed by atoms with Gasteiger partial charge in [0.05, 0.1) is 36.1 Å². The van der Waals surface area contributed by atoms with Gasteiger partial charge in [0, 0.05) is 12.2 Å². The summed E-state index contributed by atoms with van der Waals surface area (Å²) in [6, 6.07) is 6.04. The number of aliphatic imine (C=N–C) groups is 1. The number of carbonyl (C=O) groups excluding carboxylic acids is 3. The van der Waals surface area contributed by atoms with E-state index in [2.05, 4.69) is 4.99 Å². The van der Waals surface area contributed by atoms with Crippen LogP contribution >= 0.6 is 11.8 Å². The predicted molar refractivity (Wildman–Crippen MR) is 106 cm³/mol. The molecule has 3 rings (SSSR count). The first-order valence-corrected chi connectivity index (χ1v) is 9.95. The third-order valence-corrected chi connectivity index (χ3v) is 5.37. The molecule has 0 radical (unpaired) electrons. The largest absolute Gasteiger partial charge is 0.465 e. The minimum atomic E-state index is -0.647. The summed E-state index contributed by atoms with van der Waals surface area (Å²) in [4.78, 5) is 43.3. The molecule has 0 saturated carbocycles. The van der Waals surface area contributed by atoms with Gasteiger partial charge in [-0.1, -0.05) is 23.9 Å². The van der Waals surface area contributed by atoms with E-state index in [1.165, 1.54) is 18.9 Å². The van der Waals surface area contributed by atoms with Gasteiger partial charge in [0.25, 0.3) is 0 Å². The normalized spacial score (nSPS) is 19.3. The molecule has 2 heterocycles. The van der Waals surface area contributed by atoms with Crippen molar-refractivity contribution in [2.75, 3.05) is 12.9 Å². The van der Waals surface area contributed by atoms with Crippen LogP contribution < -0.4 is 0 Å². The first kappa shape index (κ1) is 20.1. The molecule has 1 fully saturated rings. The number of fused-ring (bicyclic) bond motifs is 1. The number of methoxy groups -OCH3 is 1. The summed E-state index contributed by atoms with van der Waals surface area (Å²) in [6.45, 7) is 5.29. The van der Waals surface area contributed by atoms with E-state index in [0.29, 0.717) is 39.7 Å². The smallest absolute Gasteiger partial charge is 0.338 e.